The highest BCUT2D eigenvalue weighted by molar-refractivity contribution is 5.86. The predicted octanol–water partition coefficient (Wildman–Crippen LogP) is 3.73. The second-order valence-electron chi connectivity index (χ2n) is 5.04. The van der Waals surface area contributed by atoms with Gasteiger partial charge in [-0.15, -0.1) is 10.2 Å². The first-order chi connectivity index (χ1) is 11.3. The molecule has 6 nitrogen and oxygen atoms in total. The van der Waals surface area contributed by atoms with Crippen molar-refractivity contribution in [3.63, 3.8) is 0 Å². The minimum Gasteiger partial charge on any atom is -0.504 e. The lowest BCUT2D eigenvalue weighted by atomic mass is 10.1. The van der Waals surface area contributed by atoms with Crippen molar-refractivity contribution >= 4 is 12.1 Å². The van der Waals surface area contributed by atoms with Gasteiger partial charge in [0.25, 0.3) is 0 Å². The second kappa shape index (κ2) is 6.83. The molecule has 6 heteroatoms. The fourth-order valence-electron chi connectivity index (χ4n) is 2.25. The Hall–Kier alpha value is -3.02. The lowest BCUT2D eigenvalue weighted by Gasteiger charge is -2.03. The van der Waals surface area contributed by atoms with Gasteiger partial charge in [0.15, 0.2) is 17.3 Å². The zero-order valence-corrected chi connectivity index (χ0v) is 12.6. The van der Waals surface area contributed by atoms with Crippen molar-refractivity contribution in [2.75, 3.05) is 7.11 Å². The third kappa shape index (κ3) is 3.60. The van der Waals surface area contributed by atoms with E-state index in [0.29, 0.717) is 18.0 Å². The van der Waals surface area contributed by atoms with Crippen LogP contribution in [0.3, 0.4) is 0 Å². The highest BCUT2D eigenvalue weighted by atomic mass is 16.5. The molecule has 23 heavy (non-hydrogen) atoms. The van der Waals surface area contributed by atoms with Crippen LogP contribution in [0.4, 0.5) is 0 Å². The number of nitrogens with zero attached hydrogens (tertiary/aromatic N) is 4. The standard InChI is InChI=1S/C17H16N4O2/c1-23-16-9-12(7-8-15(16)22)11-18-20-17-10-14(19-21-17)13-5-3-2-4-6-13/h2-9,11,14,22H,10H2,1H3/b18-11-,20-17+/t14-/m1/s1. The smallest absolute Gasteiger partial charge is 0.175 e. The summed E-state index contributed by atoms with van der Waals surface area (Å²) in [4.78, 5) is 0. The van der Waals surface area contributed by atoms with E-state index in [-0.39, 0.29) is 11.8 Å². The number of azo groups is 1. The van der Waals surface area contributed by atoms with E-state index in [2.05, 4.69) is 20.4 Å². The number of phenolic OH excluding ortho intramolecular Hbond substituents is 1. The fourth-order valence-corrected chi connectivity index (χ4v) is 2.25. The number of amidine groups is 1. The van der Waals surface area contributed by atoms with Gasteiger partial charge in [-0.1, -0.05) is 30.3 Å². The molecule has 0 aliphatic carbocycles. The van der Waals surface area contributed by atoms with Crippen LogP contribution in [-0.2, 0) is 0 Å². The van der Waals surface area contributed by atoms with Crippen LogP contribution in [0.25, 0.3) is 0 Å². The summed E-state index contributed by atoms with van der Waals surface area (Å²) >= 11 is 0. The van der Waals surface area contributed by atoms with Gasteiger partial charge < -0.3 is 9.84 Å². The minimum absolute atomic E-state index is 0.0129. The van der Waals surface area contributed by atoms with Gasteiger partial charge in [-0.3, -0.25) is 0 Å². The Bertz CT molecular complexity index is 769. The summed E-state index contributed by atoms with van der Waals surface area (Å²) in [5.74, 6) is 1.08. The summed E-state index contributed by atoms with van der Waals surface area (Å²) in [5.41, 5.74) is 1.90. The van der Waals surface area contributed by atoms with Crippen molar-refractivity contribution in [1.29, 1.82) is 0 Å². The maximum absolute atomic E-state index is 9.55. The molecule has 0 fully saturated rings. The third-order valence-electron chi connectivity index (χ3n) is 3.46. The second-order valence-corrected chi connectivity index (χ2v) is 5.04. The van der Waals surface area contributed by atoms with E-state index in [4.69, 9.17) is 4.74 Å². The lowest BCUT2D eigenvalue weighted by Crippen LogP contribution is -1.95. The Labute approximate surface area is 133 Å². The first kappa shape index (κ1) is 14.9. The summed E-state index contributed by atoms with van der Waals surface area (Å²) < 4.78 is 5.05. The van der Waals surface area contributed by atoms with Gasteiger partial charge in [0.1, 0.15) is 6.04 Å². The number of phenols is 1. The number of hydrogen-bond acceptors (Lipinski definition) is 5. The molecule has 0 bridgehead atoms. The SMILES string of the molecule is COc1cc(/C=N\N=C2/C[C@H](c3ccccc3)N=N2)ccc1O. The summed E-state index contributed by atoms with van der Waals surface area (Å²) in [7, 11) is 1.50. The summed E-state index contributed by atoms with van der Waals surface area (Å²) in [6.45, 7) is 0. The summed E-state index contributed by atoms with van der Waals surface area (Å²) in [6.07, 6.45) is 2.22. The number of benzene rings is 2. The summed E-state index contributed by atoms with van der Waals surface area (Å²) in [5, 5.41) is 26.0. The van der Waals surface area contributed by atoms with E-state index in [1.54, 1.807) is 24.4 Å². The molecule has 0 spiro atoms. The molecular weight excluding hydrogens is 292 g/mol. The molecular formula is C17H16N4O2. The van der Waals surface area contributed by atoms with E-state index < -0.39 is 0 Å². The summed E-state index contributed by atoms with van der Waals surface area (Å²) in [6, 6.07) is 15.0. The molecule has 1 atom stereocenters. The predicted molar refractivity (Wildman–Crippen MR) is 88.3 cm³/mol. The Morgan fingerprint density at radius 2 is 2.04 bits per heavy atom. The van der Waals surface area contributed by atoms with Crippen molar-refractivity contribution < 1.29 is 9.84 Å². The first-order valence-electron chi connectivity index (χ1n) is 7.19. The van der Waals surface area contributed by atoms with Gasteiger partial charge in [-0.2, -0.15) is 10.2 Å². The molecule has 1 aliphatic heterocycles. The van der Waals surface area contributed by atoms with E-state index >= 15 is 0 Å². The van der Waals surface area contributed by atoms with E-state index in [0.717, 1.165) is 11.1 Å². The third-order valence-corrected chi connectivity index (χ3v) is 3.46. The minimum atomic E-state index is 0.0129. The zero-order chi connectivity index (χ0) is 16.1. The number of hydrogen-bond donors (Lipinski definition) is 1. The molecule has 1 aliphatic rings. The Kier molecular flexibility index (Phi) is 4.42. The van der Waals surface area contributed by atoms with Crippen LogP contribution in [0, 0.1) is 0 Å². The maximum atomic E-state index is 9.55. The maximum Gasteiger partial charge on any atom is 0.175 e. The molecule has 2 aromatic carbocycles. The quantitative estimate of drug-likeness (QED) is 0.690. The molecule has 2 aromatic rings. The van der Waals surface area contributed by atoms with Crippen LogP contribution in [0.15, 0.2) is 69.0 Å². The average molecular weight is 308 g/mol. The van der Waals surface area contributed by atoms with Crippen LogP contribution in [-0.4, -0.2) is 24.3 Å². The number of aromatic hydroxyl groups is 1. The van der Waals surface area contributed by atoms with Crippen LogP contribution < -0.4 is 4.74 Å². The van der Waals surface area contributed by atoms with E-state index in [9.17, 15) is 5.11 Å². The van der Waals surface area contributed by atoms with E-state index in [1.807, 2.05) is 30.3 Å². The van der Waals surface area contributed by atoms with Crippen molar-refractivity contribution in [3.05, 3.63) is 59.7 Å². The largest absolute Gasteiger partial charge is 0.504 e. The molecule has 0 radical (unpaired) electrons. The number of methoxy groups -OCH3 is 1. The topological polar surface area (TPSA) is 78.9 Å². The molecule has 0 amide bonds. The van der Waals surface area contributed by atoms with Crippen LogP contribution in [0.2, 0.25) is 0 Å². The van der Waals surface area contributed by atoms with Gasteiger partial charge in [-0.25, -0.2) is 0 Å². The van der Waals surface area contributed by atoms with Crippen LogP contribution >= 0.6 is 0 Å². The van der Waals surface area contributed by atoms with Gasteiger partial charge in [-0.05, 0) is 29.3 Å². The molecule has 116 valence electrons. The Morgan fingerprint density at radius 3 is 2.83 bits per heavy atom. The normalized spacial score (nSPS) is 18.8. The highest BCUT2D eigenvalue weighted by Gasteiger charge is 2.19. The van der Waals surface area contributed by atoms with E-state index in [1.165, 1.54) is 7.11 Å². The fraction of sp³-hybridized carbons (Fsp3) is 0.176. The monoisotopic (exact) mass is 308 g/mol. The van der Waals surface area contributed by atoms with Gasteiger partial charge in [0.2, 0.25) is 0 Å². The first-order valence-corrected chi connectivity index (χ1v) is 7.19. The molecule has 0 saturated carbocycles. The van der Waals surface area contributed by atoms with Crippen molar-refractivity contribution in [2.24, 2.45) is 20.4 Å². The lowest BCUT2D eigenvalue weighted by molar-refractivity contribution is 0.373. The van der Waals surface area contributed by atoms with Crippen molar-refractivity contribution in [2.45, 2.75) is 12.5 Å². The van der Waals surface area contributed by atoms with Gasteiger partial charge in [0, 0.05) is 6.42 Å². The van der Waals surface area contributed by atoms with Crippen molar-refractivity contribution in [3.8, 4) is 11.5 Å². The molecule has 3 rings (SSSR count). The zero-order valence-electron chi connectivity index (χ0n) is 12.6. The van der Waals surface area contributed by atoms with Crippen LogP contribution in [0.5, 0.6) is 11.5 Å². The Balaban J connectivity index is 1.66. The molecule has 0 aromatic heterocycles. The molecule has 1 heterocycles. The van der Waals surface area contributed by atoms with Gasteiger partial charge in [0.05, 0.1) is 13.3 Å². The van der Waals surface area contributed by atoms with Gasteiger partial charge >= 0.3 is 0 Å². The molecule has 0 saturated heterocycles. The van der Waals surface area contributed by atoms with Crippen LogP contribution in [0.1, 0.15) is 23.6 Å². The average Bonchev–Trinajstić information content (AvgIpc) is 3.06. The number of ether oxygens (including phenoxy) is 1. The number of rotatable bonds is 4. The van der Waals surface area contributed by atoms with Crippen molar-refractivity contribution in [1.82, 2.24) is 0 Å². The molecule has 0 unspecified atom stereocenters. The highest BCUT2D eigenvalue weighted by Crippen LogP contribution is 2.27. The molecule has 1 N–H and O–H groups in total. The Morgan fingerprint density at radius 1 is 1.22 bits per heavy atom.